The average molecular weight is 293 g/mol. The van der Waals surface area contributed by atoms with Crippen LogP contribution in [0.25, 0.3) is 10.9 Å². The third-order valence-corrected chi connectivity index (χ3v) is 3.45. The molecule has 1 N–H and O–H groups in total. The highest BCUT2D eigenvalue weighted by Crippen LogP contribution is 2.05. The van der Waals surface area contributed by atoms with E-state index in [-0.39, 0.29) is 11.6 Å². The Hall–Kier alpha value is -2.95. The quantitative estimate of drug-likeness (QED) is 0.786. The number of carbonyl (C=O) groups excluding carboxylic acids is 1. The van der Waals surface area contributed by atoms with Crippen LogP contribution in [0, 0.1) is 0 Å². The summed E-state index contributed by atoms with van der Waals surface area (Å²) in [6, 6.07) is 16.1. The molecule has 0 atom stereocenters. The number of fused-ring (bicyclic) bond motifs is 1. The summed E-state index contributed by atoms with van der Waals surface area (Å²) in [5.41, 5.74) is 1.27. The first-order valence-electron chi connectivity index (χ1n) is 7.06. The highest BCUT2D eigenvalue weighted by atomic mass is 16.2. The minimum atomic E-state index is -0.362. The maximum Gasteiger partial charge on any atom is 0.327 e. The van der Waals surface area contributed by atoms with Gasteiger partial charge in [0.25, 0.3) is 5.91 Å². The van der Waals surface area contributed by atoms with Crippen LogP contribution in [0.4, 0.5) is 0 Å². The van der Waals surface area contributed by atoms with Crippen molar-refractivity contribution in [3.63, 3.8) is 0 Å². The molecule has 1 heterocycles. The van der Waals surface area contributed by atoms with Crippen molar-refractivity contribution in [3.8, 4) is 0 Å². The van der Waals surface area contributed by atoms with Crippen LogP contribution in [-0.4, -0.2) is 15.5 Å². The molecule has 0 fully saturated rings. The smallest absolute Gasteiger partial charge is 0.307 e. The average Bonchev–Trinajstić information content (AvgIpc) is 2.55. The summed E-state index contributed by atoms with van der Waals surface area (Å²) >= 11 is 0. The Morgan fingerprint density at radius 1 is 1.09 bits per heavy atom. The highest BCUT2D eigenvalue weighted by Gasteiger charge is 2.08. The molecule has 0 bridgehead atoms. The van der Waals surface area contributed by atoms with E-state index >= 15 is 0 Å². The van der Waals surface area contributed by atoms with Gasteiger partial charge in [0.2, 0.25) is 0 Å². The largest absolute Gasteiger partial charge is 0.327 e. The molecule has 3 aromatic rings. The lowest BCUT2D eigenvalue weighted by molar-refractivity contribution is 0.0997. The fourth-order valence-corrected chi connectivity index (χ4v) is 2.37. The van der Waals surface area contributed by atoms with Crippen molar-refractivity contribution in [1.29, 1.82) is 0 Å². The second kappa shape index (κ2) is 5.81. The molecule has 22 heavy (non-hydrogen) atoms. The Balaban J connectivity index is 2.31. The van der Waals surface area contributed by atoms with Crippen molar-refractivity contribution in [3.05, 3.63) is 76.1 Å². The van der Waals surface area contributed by atoms with Crippen LogP contribution in [0.5, 0.6) is 0 Å². The summed E-state index contributed by atoms with van der Waals surface area (Å²) in [5, 5.41) is 0.744. The van der Waals surface area contributed by atoms with Crippen LogP contribution in [0.2, 0.25) is 0 Å². The van der Waals surface area contributed by atoms with Gasteiger partial charge in [-0.1, -0.05) is 30.3 Å². The number of amides is 1. The lowest BCUT2D eigenvalue weighted by Gasteiger charge is -2.06. The predicted molar refractivity (Wildman–Crippen MR) is 84.6 cm³/mol. The molecule has 5 heteroatoms. The van der Waals surface area contributed by atoms with Crippen LogP contribution in [0.1, 0.15) is 17.3 Å². The molecule has 0 aliphatic heterocycles. The molecule has 0 spiro atoms. The van der Waals surface area contributed by atoms with E-state index in [4.69, 9.17) is 0 Å². The number of rotatable bonds is 2. The van der Waals surface area contributed by atoms with Gasteiger partial charge in [0.1, 0.15) is 5.49 Å². The third-order valence-electron chi connectivity index (χ3n) is 3.45. The van der Waals surface area contributed by atoms with Crippen LogP contribution in [-0.2, 0) is 6.54 Å². The van der Waals surface area contributed by atoms with Crippen LogP contribution in [0.15, 0.2) is 64.4 Å². The van der Waals surface area contributed by atoms with Gasteiger partial charge in [-0.05, 0) is 31.2 Å². The van der Waals surface area contributed by atoms with Gasteiger partial charge < -0.3 is 4.98 Å². The molecule has 5 nitrogen and oxygen atoms in total. The topological polar surface area (TPSA) is 67.2 Å². The number of para-hydroxylation sites is 1. The molecule has 3 rings (SSSR count). The van der Waals surface area contributed by atoms with E-state index in [0.717, 1.165) is 5.39 Å². The van der Waals surface area contributed by atoms with Gasteiger partial charge in [-0.3, -0.25) is 9.36 Å². The third kappa shape index (κ3) is 2.48. The molecular weight excluding hydrogens is 278 g/mol. The number of carbonyl (C=O) groups is 1. The van der Waals surface area contributed by atoms with Gasteiger partial charge in [0.05, 0.1) is 5.52 Å². The second-order valence-electron chi connectivity index (χ2n) is 4.83. The predicted octanol–water partition coefficient (Wildman–Crippen LogP) is 2.09. The normalized spacial score (nSPS) is 11.8. The summed E-state index contributed by atoms with van der Waals surface area (Å²) in [7, 11) is 0. The zero-order chi connectivity index (χ0) is 15.5. The molecule has 110 valence electrons. The monoisotopic (exact) mass is 293 g/mol. The Morgan fingerprint density at radius 3 is 2.50 bits per heavy atom. The summed E-state index contributed by atoms with van der Waals surface area (Å²) < 4.78 is 1.46. The number of aromatic amines is 1. The van der Waals surface area contributed by atoms with Gasteiger partial charge in [-0.25, -0.2) is 4.79 Å². The van der Waals surface area contributed by atoms with E-state index < -0.39 is 0 Å². The summed E-state index contributed by atoms with van der Waals surface area (Å²) in [4.78, 5) is 31.5. The maximum absolute atomic E-state index is 12.3. The first-order chi connectivity index (χ1) is 10.7. The van der Waals surface area contributed by atoms with Gasteiger partial charge >= 0.3 is 5.69 Å². The van der Waals surface area contributed by atoms with E-state index in [9.17, 15) is 9.59 Å². The molecule has 0 aliphatic carbocycles. The van der Waals surface area contributed by atoms with Crippen molar-refractivity contribution in [2.75, 3.05) is 0 Å². The lowest BCUT2D eigenvalue weighted by Crippen LogP contribution is -2.36. The van der Waals surface area contributed by atoms with Crippen molar-refractivity contribution in [1.82, 2.24) is 9.55 Å². The maximum atomic E-state index is 12.3. The fourth-order valence-electron chi connectivity index (χ4n) is 2.37. The molecule has 1 aromatic heterocycles. The molecule has 0 saturated heterocycles. The molecule has 0 radical (unpaired) electrons. The van der Waals surface area contributed by atoms with E-state index in [1.54, 1.807) is 30.3 Å². The van der Waals surface area contributed by atoms with Gasteiger partial charge in [0, 0.05) is 17.5 Å². The number of benzene rings is 2. The van der Waals surface area contributed by atoms with Crippen molar-refractivity contribution in [2.45, 2.75) is 13.5 Å². The summed E-state index contributed by atoms with van der Waals surface area (Å²) in [6.07, 6.45) is 0. The standard InChI is InChI=1S/C17H15N3O2/c1-2-20-15(19-16(21)12-8-4-3-5-9-12)13-10-6-7-11-14(13)18-17(20)22/h3-11H,2H2,1H3,(H,18,22). The van der Waals surface area contributed by atoms with Crippen LogP contribution < -0.4 is 11.2 Å². The molecule has 0 saturated carbocycles. The Bertz CT molecular complexity index is 953. The zero-order valence-corrected chi connectivity index (χ0v) is 12.1. The minimum Gasteiger partial charge on any atom is -0.307 e. The van der Waals surface area contributed by atoms with E-state index in [0.29, 0.717) is 23.1 Å². The van der Waals surface area contributed by atoms with Crippen LogP contribution in [0.3, 0.4) is 0 Å². The first kappa shape index (κ1) is 14.0. The number of nitrogens with one attached hydrogen (secondary N) is 1. The number of hydrogen-bond acceptors (Lipinski definition) is 2. The SMILES string of the molecule is CCn1c(=O)[nH]c2ccccc2c1=NC(=O)c1ccccc1. The number of hydrogen-bond donors (Lipinski definition) is 1. The Labute approximate surface area is 126 Å². The first-order valence-corrected chi connectivity index (χ1v) is 7.06. The van der Waals surface area contributed by atoms with E-state index in [2.05, 4.69) is 9.98 Å². The molecular formula is C17H15N3O2. The number of nitrogens with zero attached hydrogens (tertiary/aromatic N) is 2. The van der Waals surface area contributed by atoms with Crippen molar-refractivity contribution in [2.24, 2.45) is 4.99 Å². The fraction of sp³-hybridized carbons (Fsp3) is 0.118. The number of H-pyrrole nitrogens is 1. The second-order valence-corrected chi connectivity index (χ2v) is 4.83. The molecule has 1 amide bonds. The lowest BCUT2D eigenvalue weighted by atomic mass is 10.2. The van der Waals surface area contributed by atoms with Crippen LogP contribution >= 0.6 is 0 Å². The highest BCUT2D eigenvalue weighted by molar-refractivity contribution is 5.95. The molecule has 0 unspecified atom stereocenters. The number of aromatic nitrogens is 2. The zero-order valence-electron chi connectivity index (χ0n) is 12.1. The van der Waals surface area contributed by atoms with Crippen molar-refractivity contribution >= 4 is 16.8 Å². The van der Waals surface area contributed by atoms with Crippen molar-refractivity contribution < 1.29 is 4.79 Å². The Kier molecular flexibility index (Phi) is 3.70. The van der Waals surface area contributed by atoms with Gasteiger partial charge in [-0.15, -0.1) is 0 Å². The summed E-state index contributed by atoms with van der Waals surface area (Å²) in [5.74, 6) is -0.362. The van der Waals surface area contributed by atoms with Gasteiger partial charge in [0.15, 0.2) is 0 Å². The molecule has 0 aliphatic rings. The minimum absolute atomic E-state index is 0.277. The summed E-state index contributed by atoms with van der Waals surface area (Å²) in [6.45, 7) is 2.27. The molecule has 2 aromatic carbocycles. The van der Waals surface area contributed by atoms with E-state index in [1.165, 1.54) is 4.57 Å². The Morgan fingerprint density at radius 2 is 1.77 bits per heavy atom. The van der Waals surface area contributed by atoms with E-state index in [1.807, 2.05) is 31.2 Å². The van der Waals surface area contributed by atoms with Gasteiger partial charge in [-0.2, -0.15) is 4.99 Å².